The van der Waals surface area contributed by atoms with E-state index in [4.69, 9.17) is 5.73 Å². The van der Waals surface area contributed by atoms with Crippen molar-refractivity contribution >= 4 is 17.0 Å². The average Bonchev–Trinajstić information content (AvgIpc) is 2.41. The predicted molar refractivity (Wildman–Crippen MR) is 75.7 cm³/mol. The first kappa shape index (κ1) is 15.1. The second kappa shape index (κ2) is 6.45. The third-order valence-corrected chi connectivity index (χ3v) is 4.47. The number of nitrogens with two attached hydrogens (primary N) is 1. The standard InChI is InChI=1S/C13H19N3O3S/c1-15-6-8-16(9-7-15)13(20(18)19)11-4-2-10(3-5-11)12(14)17/h2-5,13H,6-9H2,1H3,(H2,14,17)(H,18,19)/p-1. The van der Waals surface area contributed by atoms with Crippen LogP contribution in [0.25, 0.3) is 0 Å². The zero-order valence-electron chi connectivity index (χ0n) is 11.3. The van der Waals surface area contributed by atoms with E-state index in [1.165, 1.54) is 0 Å². The van der Waals surface area contributed by atoms with Gasteiger partial charge in [-0.2, -0.15) is 0 Å². The van der Waals surface area contributed by atoms with Crippen LogP contribution in [0.3, 0.4) is 0 Å². The number of rotatable bonds is 4. The number of likely N-dealkylation sites (N-methyl/N-ethyl adjacent to an activating group) is 1. The maximum atomic E-state index is 11.6. The molecule has 1 fully saturated rings. The fourth-order valence-electron chi connectivity index (χ4n) is 2.31. The smallest absolute Gasteiger partial charge is 0.248 e. The number of primary amides is 1. The maximum absolute atomic E-state index is 11.6. The fraction of sp³-hybridized carbons (Fsp3) is 0.462. The molecule has 1 aliphatic heterocycles. The fourth-order valence-corrected chi connectivity index (χ4v) is 3.15. The largest absolute Gasteiger partial charge is 0.771 e. The van der Waals surface area contributed by atoms with Gasteiger partial charge in [0.05, 0.1) is 5.37 Å². The Bertz CT molecular complexity index is 498. The lowest BCUT2D eigenvalue weighted by atomic mass is 10.1. The van der Waals surface area contributed by atoms with Gasteiger partial charge in [0.2, 0.25) is 5.91 Å². The van der Waals surface area contributed by atoms with Crippen LogP contribution in [0.5, 0.6) is 0 Å². The monoisotopic (exact) mass is 296 g/mol. The van der Waals surface area contributed by atoms with Crippen molar-refractivity contribution in [1.82, 2.24) is 9.80 Å². The minimum atomic E-state index is -2.24. The van der Waals surface area contributed by atoms with Crippen LogP contribution in [0.15, 0.2) is 24.3 Å². The summed E-state index contributed by atoms with van der Waals surface area (Å²) in [5.74, 6) is -0.518. The highest BCUT2D eigenvalue weighted by Crippen LogP contribution is 2.25. The number of benzene rings is 1. The molecular weight excluding hydrogens is 278 g/mol. The van der Waals surface area contributed by atoms with E-state index in [-0.39, 0.29) is 0 Å². The molecule has 0 radical (unpaired) electrons. The minimum Gasteiger partial charge on any atom is -0.771 e. The molecule has 1 amide bonds. The maximum Gasteiger partial charge on any atom is 0.248 e. The summed E-state index contributed by atoms with van der Waals surface area (Å²) in [6.45, 7) is 3.08. The summed E-state index contributed by atoms with van der Waals surface area (Å²) in [6, 6.07) is 6.43. The van der Waals surface area contributed by atoms with Crippen molar-refractivity contribution in [2.75, 3.05) is 33.2 Å². The lowest BCUT2D eigenvalue weighted by molar-refractivity contribution is 0.1000. The van der Waals surface area contributed by atoms with Crippen LogP contribution in [-0.2, 0) is 11.1 Å². The molecule has 0 spiro atoms. The highest BCUT2D eigenvalue weighted by atomic mass is 32.2. The van der Waals surface area contributed by atoms with Crippen LogP contribution in [0.2, 0.25) is 0 Å². The molecule has 0 aliphatic carbocycles. The van der Waals surface area contributed by atoms with E-state index in [9.17, 15) is 13.6 Å². The lowest BCUT2D eigenvalue weighted by Gasteiger charge is -2.38. The molecule has 2 rings (SSSR count). The number of hydrogen-bond donors (Lipinski definition) is 1. The normalized spacial score (nSPS) is 20.5. The molecule has 2 atom stereocenters. The zero-order valence-corrected chi connectivity index (χ0v) is 12.1. The van der Waals surface area contributed by atoms with E-state index in [0.717, 1.165) is 13.1 Å². The molecule has 110 valence electrons. The molecule has 1 saturated heterocycles. The van der Waals surface area contributed by atoms with Crippen molar-refractivity contribution < 1.29 is 13.6 Å². The van der Waals surface area contributed by atoms with Gasteiger partial charge < -0.3 is 15.2 Å². The second-order valence-corrected chi connectivity index (χ2v) is 5.91. The summed E-state index contributed by atoms with van der Waals surface area (Å²) >= 11 is -2.24. The molecular formula is C13H18N3O3S-. The Morgan fingerprint density at radius 2 is 1.80 bits per heavy atom. The molecule has 1 heterocycles. The Morgan fingerprint density at radius 1 is 1.25 bits per heavy atom. The summed E-state index contributed by atoms with van der Waals surface area (Å²) in [4.78, 5) is 15.1. The van der Waals surface area contributed by atoms with E-state index < -0.39 is 22.4 Å². The number of nitrogens with zero attached hydrogens (tertiary/aromatic N) is 2. The predicted octanol–water partition coefficient (Wildman–Crippen LogP) is -0.0894. The van der Waals surface area contributed by atoms with Gasteiger partial charge in [0.15, 0.2) is 0 Å². The molecule has 20 heavy (non-hydrogen) atoms. The van der Waals surface area contributed by atoms with Crippen LogP contribution in [0, 0.1) is 0 Å². The quantitative estimate of drug-likeness (QED) is 0.784. The van der Waals surface area contributed by atoms with Crippen molar-refractivity contribution in [1.29, 1.82) is 0 Å². The number of piperazine rings is 1. The summed E-state index contributed by atoms with van der Waals surface area (Å²) in [5, 5.41) is -0.675. The lowest BCUT2D eigenvalue weighted by Crippen LogP contribution is -2.46. The SMILES string of the molecule is CN1CCN(C(c2ccc(C(N)=O)cc2)S(=O)[O-])CC1. The topological polar surface area (TPSA) is 89.7 Å². The van der Waals surface area contributed by atoms with E-state index in [0.29, 0.717) is 24.2 Å². The van der Waals surface area contributed by atoms with Gasteiger partial charge in [0, 0.05) is 31.7 Å². The molecule has 1 aromatic carbocycles. The van der Waals surface area contributed by atoms with Gasteiger partial charge in [-0.25, -0.2) is 0 Å². The highest BCUT2D eigenvalue weighted by molar-refractivity contribution is 7.79. The van der Waals surface area contributed by atoms with Crippen LogP contribution in [0.1, 0.15) is 21.3 Å². The first-order valence-corrected chi connectivity index (χ1v) is 7.53. The van der Waals surface area contributed by atoms with Crippen molar-refractivity contribution in [3.8, 4) is 0 Å². The van der Waals surface area contributed by atoms with E-state index in [1.807, 2.05) is 11.9 Å². The van der Waals surface area contributed by atoms with Gasteiger partial charge in [0.1, 0.15) is 0 Å². The molecule has 6 nitrogen and oxygen atoms in total. The Morgan fingerprint density at radius 3 is 2.25 bits per heavy atom. The average molecular weight is 296 g/mol. The van der Waals surface area contributed by atoms with Gasteiger partial charge in [-0.05, 0) is 35.8 Å². The van der Waals surface area contributed by atoms with Gasteiger partial charge >= 0.3 is 0 Å². The van der Waals surface area contributed by atoms with Crippen LogP contribution in [-0.4, -0.2) is 57.7 Å². The van der Waals surface area contributed by atoms with Gasteiger partial charge in [-0.3, -0.25) is 13.9 Å². The van der Waals surface area contributed by atoms with E-state index in [1.54, 1.807) is 24.3 Å². The first-order chi connectivity index (χ1) is 9.49. The summed E-state index contributed by atoms with van der Waals surface area (Å²) in [7, 11) is 2.02. The van der Waals surface area contributed by atoms with Gasteiger partial charge in [0.25, 0.3) is 0 Å². The Hall–Kier alpha value is -1.28. The van der Waals surface area contributed by atoms with Crippen molar-refractivity contribution in [2.24, 2.45) is 5.73 Å². The van der Waals surface area contributed by atoms with Gasteiger partial charge in [-0.15, -0.1) is 0 Å². The van der Waals surface area contributed by atoms with E-state index in [2.05, 4.69) is 4.90 Å². The Kier molecular flexibility index (Phi) is 4.87. The first-order valence-electron chi connectivity index (χ1n) is 6.39. The Labute approximate surface area is 120 Å². The molecule has 2 N–H and O–H groups in total. The second-order valence-electron chi connectivity index (χ2n) is 4.94. The Balaban J connectivity index is 2.20. The third kappa shape index (κ3) is 3.43. The minimum absolute atomic E-state index is 0.377. The number of carbonyl (C=O) groups excluding carboxylic acids is 1. The third-order valence-electron chi connectivity index (χ3n) is 3.53. The summed E-state index contributed by atoms with van der Waals surface area (Å²) in [5.41, 5.74) is 6.22. The van der Waals surface area contributed by atoms with E-state index >= 15 is 0 Å². The van der Waals surface area contributed by atoms with Crippen molar-refractivity contribution in [3.63, 3.8) is 0 Å². The molecule has 0 bridgehead atoms. The van der Waals surface area contributed by atoms with Crippen LogP contribution >= 0.6 is 0 Å². The van der Waals surface area contributed by atoms with Gasteiger partial charge in [-0.1, -0.05) is 12.1 Å². The molecule has 1 aromatic rings. The van der Waals surface area contributed by atoms with Crippen LogP contribution in [0.4, 0.5) is 0 Å². The zero-order chi connectivity index (χ0) is 14.7. The molecule has 0 aromatic heterocycles. The molecule has 1 aliphatic rings. The summed E-state index contributed by atoms with van der Waals surface area (Å²) in [6.07, 6.45) is 0. The number of amides is 1. The van der Waals surface area contributed by atoms with Crippen LogP contribution < -0.4 is 5.73 Å². The number of hydrogen-bond acceptors (Lipinski definition) is 5. The van der Waals surface area contributed by atoms with Crippen molar-refractivity contribution in [2.45, 2.75) is 5.37 Å². The highest BCUT2D eigenvalue weighted by Gasteiger charge is 2.24. The number of carbonyl (C=O) groups is 1. The molecule has 0 saturated carbocycles. The van der Waals surface area contributed by atoms with Crippen molar-refractivity contribution in [3.05, 3.63) is 35.4 Å². The summed E-state index contributed by atoms with van der Waals surface area (Å²) < 4.78 is 23.1. The molecule has 7 heteroatoms. The molecule has 2 unspecified atom stereocenters.